The molecule has 130 valence electrons. The summed E-state index contributed by atoms with van der Waals surface area (Å²) in [7, 11) is 0. The van der Waals surface area contributed by atoms with E-state index in [1.807, 2.05) is 20.8 Å². The number of hydrogen-bond acceptors (Lipinski definition) is 5. The Labute approximate surface area is 141 Å². The maximum Gasteiger partial charge on any atom is 0.237 e. The molecule has 0 aliphatic heterocycles. The molecule has 0 aliphatic rings. The van der Waals surface area contributed by atoms with Crippen LogP contribution >= 0.6 is 11.6 Å². The minimum Gasteiger partial charge on any atom is -0.490 e. The number of nitrogens with one attached hydrogen (secondary N) is 1. The lowest BCUT2D eigenvalue weighted by molar-refractivity contribution is -0.122. The molecule has 0 heterocycles. The third kappa shape index (κ3) is 5.89. The Bertz CT molecular complexity index is 535. The number of carbonyl (C=O) groups is 1. The molecule has 2 atom stereocenters. The second kappa shape index (κ2) is 8.96. The molecule has 1 aromatic rings. The van der Waals surface area contributed by atoms with Gasteiger partial charge in [-0.1, -0.05) is 11.6 Å². The van der Waals surface area contributed by atoms with E-state index >= 15 is 0 Å². The fourth-order valence-electron chi connectivity index (χ4n) is 2.06. The molecular weight excluding hydrogens is 320 g/mol. The van der Waals surface area contributed by atoms with Gasteiger partial charge in [0.2, 0.25) is 5.91 Å². The largest absolute Gasteiger partial charge is 0.490 e. The fraction of sp³-hybridized carbons (Fsp3) is 0.562. The van der Waals surface area contributed by atoms with Gasteiger partial charge in [0.05, 0.1) is 18.8 Å². The number of amides is 1. The third-order valence-corrected chi connectivity index (χ3v) is 3.43. The van der Waals surface area contributed by atoms with Crippen LogP contribution in [0.25, 0.3) is 0 Å². The molecule has 0 saturated carbocycles. The first-order chi connectivity index (χ1) is 10.8. The van der Waals surface area contributed by atoms with Crippen molar-refractivity contribution in [2.45, 2.75) is 52.5 Å². The van der Waals surface area contributed by atoms with Crippen LogP contribution in [-0.4, -0.2) is 35.9 Å². The minimum atomic E-state index is -0.902. The molecule has 0 bridgehead atoms. The molecule has 1 rings (SSSR count). The number of nitrogens with two attached hydrogens (primary N) is 1. The van der Waals surface area contributed by atoms with Crippen LogP contribution < -0.4 is 20.5 Å². The van der Waals surface area contributed by atoms with E-state index in [0.717, 1.165) is 5.56 Å². The summed E-state index contributed by atoms with van der Waals surface area (Å²) in [5, 5.41) is 12.9. The molecule has 0 aliphatic carbocycles. The van der Waals surface area contributed by atoms with Gasteiger partial charge in [0.1, 0.15) is 6.04 Å². The van der Waals surface area contributed by atoms with Gasteiger partial charge < -0.3 is 20.3 Å². The molecule has 4 N–H and O–H groups in total. The standard InChI is InChI=1S/C16H25ClN2O4/c1-5-22-13-6-11(8-19-15(10(4)20)16(18)21)12(17)7-14(13)23-9(2)3/h6-7,9-10,15,19-20H,5,8H2,1-4H3,(H2,18,21)/t10-,15+/m1/s1. The predicted octanol–water partition coefficient (Wildman–Crippen LogP) is 1.85. The molecule has 0 spiro atoms. The van der Waals surface area contributed by atoms with E-state index in [4.69, 9.17) is 26.8 Å². The Hall–Kier alpha value is -1.50. The SMILES string of the molecule is CCOc1cc(CN[C@H](C(N)=O)[C@@H](C)O)c(Cl)cc1OC(C)C. The Morgan fingerprint density at radius 2 is 2.00 bits per heavy atom. The number of aliphatic hydroxyl groups is 1. The number of carbonyl (C=O) groups excluding carboxylic acids is 1. The van der Waals surface area contributed by atoms with Gasteiger partial charge in [0, 0.05) is 17.6 Å². The van der Waals surface area contributed by atoms with Crippen molar-refractivity contribution in [3.8, 4) is 11.5 Å². The minimum absolute atomic E-state index is 0.0104. The highest BCUT2D eigenvalue weighted by Crippen LogP contribution is 2.34. The maximum absolute atomic E-state index is 11.3. The molecule has 0 radical (unpaired) electrons. The lowest BCUT2D eigenvalue weighted by Crippen LogP contribution is -2.48. The molecule has 0 aromatic heterocycles. The third-order valence-electron chi connectivity index (χ3n) is 3.08. The molecule has 1 amide bonds. The summed E-state index contributed by atoms with van der Waals surface area (Å²) in [6, 6.07) is 2.59. The lowest BCUT2D eigenvalue weighted by atomic mass is 10.1. The molecule has 6 nitrogen and oxygen atoms in total. The first kappa shape index (κ1) is 19.5. The van der Waals surface area contributed by atoms with Crippen molar-refractivity contribution in [3.63, 3.8) is 0 Å². The van der Waals surface area contributed by atoms with E-state index in [2.05, 4.69) is 5.32 Å². The monoisotopic (exact) mass is 344 g/mol. The van der Waals surface area contributed by atoms with Gasteiger partial charge in [-0.3, -0.25) is 10.1 Å². The van der Waals surface area contributed by atoms with E-state index in [0.29, 0.717) is 23.1 Å². The molecule has 0 saturated heterocycles. The van der Waals surface area contributed by atoms with Crippen LogP contribution in [0.3, 0.4) is 0 Å². The number of halogens is 1. The lowest BCUT2D eigenvalue weighted by Gasteiger charge is -2.20. The van der Waals surface area contributed by atoms with Crippen molar-refractivity contribution in [1.82, 2.24) is 5.32 Å². The molecule has 7 heteroatoms. The van der Waals surface area contributed by atoms with Crippen molar-refractivity contribution in [1.29, 1.82) is 0 Å². The van der Waals surface area contributed by atoms with Crippen LogP contribution in [0, 0.1) is 0 Å². The van der Waals surface area contributed by atoms with Crippen molar-refractivity contribution >= 4 is 17.5 Å². The number of hydrogen-bond donors (Lipinski definition) is 3. The summed E-state index contributed by atoms with van der Waals surface area (Å²) in [5.41, 5.74) is 5.98. The summed E-state index contributed by atoms with van der Waals surface area (Å²) in [6.45, 7) is 7.95. The highest BCUT2D eigenvalue weighted by molar-refractivity contribution is 6.31. The van der Waals surface area contributed by atoms with Gasteiger partial charge in [0.25, 0.3) is 0 Å². The second-order valence-electron chi connectivity index (χ2n) is 5.49. The Morgan fingerprint density at radius 1 is 1.35 bits per heavy atom. The first-order valence-corrected chi connectivity index (χ1v) is 7.96. The number of aliphatic hydroxyl groups excluding tert-OH is 1. The van der Waals surface area contributed by atoms with E-state index in [1.54, 1.807) is 12.1 Å². The average molecular weight is 345 g/mol. The van der Waals surface area contributed by atoms with E-state index in [1.165, 1.54) is 6.92 Å². The Morgan fingerprint density at radius 3 is 2.48 bits per heavy atom. The van der Waals surface area contributed by atoms with E-state index in [-0.39, 0.29) is 12.6 Å². The van der Waals surface area contributed by atoms with Crippen LogP contribution in [0.2, 0.25) is 5.02 Å². The molecule has 23 heavy (non-hydrogen) atoms. The van der Waals surface area contributed by atoms with Gasteiger partial charge in [-0.25, -0.2) is 0 Å². The highest BCUT2D eigenvalue weighted by atomic mass is 35.5. The van der Waals surface area contributed by atoms with E-state index < -0.39 is 18.1 Å². The number of rotatable bonds is 9. The van der Waals surface area contributed by atoms with Crippen LogP contribution in [0.1, 0.15) is 33.3 Å². The molecule has 0 unspecified atom stereocenters. The normalized spacial score (nSPS) is 13.7. The zero-order valence-electron chi connectivity index (χ0n) is 13.9. The molecule has 1 aromatic carbocycles. The maximum atomic E-state index is 11.3. The van der Waals surface area contributed by atoms with Crippen LogP contribution in [0.15, 0.2) is 12.1 Å². The highest BCUT2D eigenvalue weighted by Gasteiger charge is 2.21. The first-order valence-electron chi connectivity index (χ1n) is 7.58. The summed E-state index contributed by atoms with van der Waals surface area (Å²) < 4.78 is 11.3. The van der Waals surface area contributed by atoms with E-state index in [9.17, 15) is 9.90 Å². The average Bonchev–Trinajstić information content (AvgIpc) is 2.42. The Kier molecular flexibility index (Phi) is 7.61. The van der Waals surface area contributed by atoms with Gasteiger partial charge in [0.15, 0.2) is 11.5 Å². The van der Waals surface area contributed by atoms with Crippen molar-refractivity contribution in [2.75, 3.05) is 6.61 Å². The summed E-state index contributed by atoms with van der Waals surface area (Å²) in [6.07, 6.45) is -0.912. The topological polar surface area (TPSA) is 93.8 Å². The Balaban J connectivity index is 2.98. The van der Waals surface area contributed by atoms with Gasteiger partial charge in [-0.05, 0) is 39.3 Å². The summed E-state index contributed by atoms with van der Waals surface area (Å²) >= 11 is 6.27. The van der Waals surface area contributed by atoms with Crippen molar-refractivity contribution in [2.24, 2.45) is 5.73 Å². The summed E-state index contributed by atoms with van der Waals surface area (Å²) in [5.74, 6) is 0.522. The zero-order chi connectivity index (χ0) is 17.6. The van der Waals surface area contributed by atoms with Crippen LogP contribution in [0.5, 0.6) is 11.5 Å². The van der Waals surface area contributed by atoms with Crippen molar-refractivity contribution < 1.29 is 19.4 Å². The van der Waals surface area contributed by atoms with Gasteiger partial charge >= 0.3 is 0 Å². The van der Waals surface area contributed by atoms with Crippen molar-refractivity contribution in [3.05, 3.63) is 22.7 Å². The van der Waals surface area contributed by atoms with Gasteiger partial charge in [-0.15, -0.1) is 0 Å². The fourth-order valence-corrected chi connectivity index (χ4v) is 2.28. The molecular formula is C16H25ClN2O4. The molecule has 0 fully saturated rings. The number of ether oxygens (including phenoxy) is 2. The summed E-state index contributed by atoms with van der Waals surface area (Å²) in [4.78, 5) is 11.3. The smallest absolute Gasteiger partial charge is 0.237 e. The van der Waals surface area contributed by atoms with Crippen LogP contribution in [-0.2, 0) is 11.3 Å². The zero-order valence-corrected chi connectivity index (χ0v) is 14.7. The van der Waals surface area contributed by atoms with Gasteiger partial charge in [-0.2, -0.15) is 0 Å². The number of primary amides is 1. The predicted molar refractivity (Wildman–Crippen MR) is 89.9 cm³/mol. The van der Waals surface area contributed by atoms with Crippen LogP contribution in [0.4, 0.5) is 0 Å². The quantitative estimate of drug-likeness (QED) is 0.635. The number of benzene rings is 1. The second-order valence-corrected chi connectivity index (χ2v) is 5.90.